The average molecular weight is 458 g/mol. The Hall–Kier alpha value is -3.84. The molecule has 0 unspecified atom stereocenters. The van der Waals surface area contributed by atoms with Gasteiger partial charge in [-0.2, -0.15) is 5.10 Å². The van der Waals surface area contributed by atoms with Gasteiger partial charge < -0.3 is 14.6 Å². The Morgan fingerprint density at radius 2 is 1.67 bits per heavy atom. The lowest BCUT2D eigenvalue weighted by molar-refractivity contribution is 0.408. The molecular weight excluding hydrogens is 434 g/mol. The third-order valence-electron chi connectivity index (χ3n) is 5.69. The lowest BCUT2D eigenvalue weighted by Crippen LogP contribution is -2.18. The van der Waals surface area contributed by atoms with Crippen LogP contribution in [0.15, 0.2) is 83.3 Å². The molecule has 0 fully saturated rings. The minimum Gasteiger partial charge on any atom is -0.507 e. The maximum Gasteiger partial charge on any atom is 0.207 e. The topological polar surface area (TPSA) is 67.2 Å². The average Bonchev–Trinajstić information content (AvgIpc) is 3.52. The fourth-order valence-electron chi connectivity index (χ4n) is 3.93. The highest BCUT2D eigenvalue weighted by molar-refractivity contribution is 7.14. The number of anilines is 1. The molecule has 1 atom stereocenters. The molecule has 1 N–H and O–H groups in total. The van der Waals surface area contributed by atoms with E-state index in [1.165, 1.54) is 11.3 Å². The minimum atomic E-state index is 0.00887. The van der Waals surface area contributed by atoms with Crippen molar-refractivity contribution in [3.63, 3.8) is 0 Å². The Labute approximate surface area is 196 Å². The predicted molar refractivity (Wildman–Crippen MR) is 132 cm³/mol. The molecule has 1 aromatic heterocycles. The van der Waals surface area contributed by atoms with Crippen LogP contribution in [0.5, 0.6) is 17.2 Å². The lowest BCUT2D eigenvalue weighted by atomic mass is 9.98. The number of phenolic OH excluding ortho intramolecular Hbond substituents is 1. The van der Waals surface area contributed by atoms with Crippen molar-refractivity contribution in [3.05, 3.63) is 89.3 Å². The van der Waals surface area contributed by atoms with Crippen LogP contribution in [0.3, 0.4) is 0 Å². The maximum absolute atomic E-state index is 10.5. The summed E-state index contributed by atoms with van der Waals surface area (Å²) in [5, 5.41) is 20.1. The van der Waals surface area contributed by atoms with Gasteiger partial charge in [0.2, 0.25) is 5.13 Å². The highest BCUT2D eigenvalue weighted by Gasteiger charge is 2.32. The molecule has 0 radical (unpaired) electrons. The number of rotatable bonds is 6. The first-order valence-electron chi connectivity index (χ1n) is 10.6. The van der Waals surface area contributed by atoms with Gasteiger partial charge in [-0.1, -0.05) is 42.5 Å². The van der Waals surface area contributed by atoms with E-state index in [1.54, 1.807) is 20.3 Å². The molecule has 7 heteroatoms. The number of nitrogens with zero attached hydrogens (tertiary/aromatic N) is 3. The van der Waals surface area contributed by atoms with E-state index in [1.807, 2.05) is 52.9 Å². The molecule has 1 aliphatic rings. The normalized spacial score (nSPS) is 15.4. The number of aromatic hydroxyl groups is 1. The van der Waals surface area contributed by atoms with Crippen molar-refractivity contribution in [2.75, 3.05) is 19.2 Å². The van der Waals surface area contributed by atoms with E-state index in [0.717, 1.165) is 34.1 Å². The van der Waals surface area contributed by atoms with Crippen LogP contribution in [0.1, 0.15) is 23.6 Å². The Balaban J connectivity index is 1.52. The van der Waals surface area contributed by atoms with Gasteiger partial charge in [0.05, 0.1) is 31.7 Å². The second kappa shape index (κ2) is 8.96. The van der Waals surface area contributed by atoms with Gasteiger partial charge in [0.1, 0.15) is 17.2 Å². The van der Waals surface area contributed by atoms with E-state index in [4.69, 9.17) is 19.6 Å². The summed E-state index contributed by atoms with van der Waals surface area (Å²) in [7, 11) is 3.24. The van der Waals surface area contributed by atoms with Crippen LogP contribution < -0.4 is 14.5 Å². The number of hydrogen-bond acceptors (Lipinski definition) is 7. The minimum absolute atomic E-state index is 0.00887. The second-order valence-electron chi connectivity index (χ2n) is 7.65. The van der Waals surface area contributed by atoms with Crippen molar-refractivity contribution in [1.29, 1.82) is 0 Å². The van der Waals surface area contributed by atoms with Crippen molar-refractivity contribution in [3.8, 4) is 28.5 Å². The predicted octanol–water partition coefficient (Wildman–Crippen LogP) is 5.89. The number of methoxy groups -OCH3 is 2. The number of phenols is 1. The first-order valence-corrected chi connectivity index (χ1v) is 11.4. The van der Waals surface area contributed by atoms with Crippen molar-refractivity contribution in [1.82, 2.24) is 4.98 Å². The van der Waals surface area contributed by atoms with E-state index in [2.05, 4.69) is 24.3 Å². The van der Waals surface area contributed by atoms with Gasteiger partial charge in [-0.25, -0.2) is 9.99 Å². The molecule has 0 saturated heterocycles. The van der Waals surface area contributed by atoms with Crippen LogP contribution in [-0.4, -0.2) is 30.0 Å². The molecule has 0 amide bonds. The summed E-state index contributed by atoms with van der Waals surface area (Å²) < 4.78 is 10.5. The number of ether oxygens (including phenoxy) is 2. The monoisotopic (exact) mass is 457 g/mol. The lowest BCUT2D eigenvalue weighted by Gasteiger charge is -2.21. The van der Waals surface area contributed by atoms with Gasteiger partial charge in [-0.3, -0.25) is 0 Å². The molecule has 4 aromatic rings. The SMILES string of the molecule is COc1ccc([C@H]2CC(c3ccccc3)=NN2c2nc(-c3ccc(OC)cc3O)cs2)cc1. The molecule has 6 nitrogen and oxygen atoms in total. The molecule has 2 heterocycles. The van der Waals surface area contributed by atoms with Gasteiger partial charge in [0, 0.05) is 23.4 Å². The van der Waals surface area contributed by atoms with Crippen LogP contribution in [0, 0.1) is 0 Å². The Morgan fingerprint density at radius 3 is 2.36 bits per heavy atom. The van der Waals surface area contributed by atoms with E-state index in [9.17, 15) is 5.11 Å². The van der Waals surface area contributed by atoms with Gasteiger partial charge in [-0.05, 0) is 35.4 Å². The molecule has 0 bridgehead atoms. The van der Waals surface area contributed by atoms with E-state index < -0.39 is 0 Å². The summed E-state index contributed by atoms with van der Waals surface area (Å²) in [6, 6.07) is 23.5. The van der Waals surface area contributed by atoms with Crippen LogP contribution >= 0.6 is 11.3 Å². The number of thiazole rings is 1. The molecule has 0 saturated carbocycles. The molecule has 33 heavy (non-hydrogen) atoms. The summed E-state index contributed by atoms with van der Waals surface area (Å²) in [5.74, 6) is 1.55. The molecule has 0 spiro atoms. The summed E-state index contributed by atoms with van der Waals surface area (Å²) in [6.07, 6.45) is 0.763. The largest absolute Gasteiger partial charge is 0.507 e. The van der Waals surface area contributed by atoms with Gasteiger partial charge in [0.15, 0.2) is 0 Å². The van der Waals surface area contributed by atoms with Gasteiger partial charge in [0.25, 0.3) is 0 Å². The van der Waals surface area contributed by atoms with Gasteiger partial charge in [-0.15, -0.1) is 11.3 Å². The summed E-state index contributed by atoms with van der Waals surface area (Å²) in [6.45, 7) is 0. The zero-order chi connectivity index (χ0) is 22.8. The van der Waals surface area contributed by atoms with Crippen LogP contribution in [0.25, 0.3) is 11.3 Å². The molecule has 0 aliphatic carbocycles. The Bertz CT molecular complexity index is 1290. The number of aromatic nitrogens is 1. The van der Waals surface area contributed by atoms with Gasteiger partial charge >= 0.3 is 0 Å². The van der Waals surface area contributed by atoms with Crippen molar-refractivity contribution in [2.24, 2.45) is 5.10 Å². The fourth-order valence-corrected chi connectivity index (χ4v) is 4.75. The van der Waals surface area contributed by atoms with Crippen molar-refractivity contribution in [2.45, 2.75) is 12.5 Å². The van der Waals surface area contributed by atoms with E-state index >= 15 is 0 Å². The maximum atomic E-state index is 10.5. The molecule has 1 aliphatic heterocycles. The standard InChI is InChI=1S/C26H23N3O3S/c1-31-19-10-8-18(9-11-19)24-15-22(17-6-4-3-5-7-17)28-29(24)26-27-23(16-33-26)21-13-12-20(32-2)14-25(21)30/h3-14,16,24,30H,15H2,1-2H3/t24-/m1/s1. The molecule has 3 aromatic carbocycles. The fraction of sp³-hybridized carbons (Fsp3) is 0.154. The third-order valence-corrected chi connectivity index (χ3v) is 6.52. The number of hydrazone groups is 1. The molecule has 5 rings (SSSR count). The highest BCUT2D eigenvalue weighted by Crippen LogP contribution is 2.41. The highest BCUT2D eigenvalue weighted by atomic mass is 32.1. The number of benzene rings is 3. The first-order chi connectivity index (χ1) is 16.2. The number of hydrogen-bond donors (Lipinski definition) is 1. The Kier molecular flexibility index (Phi) is 5.71. The third kappa shape index (κ3) is 4.15. The van der Waals surface area contributed by atoms with E-state index in [-0.39, 0.29) is 11.8 Å². The van der Waals surface area contributed by atoms with Crippen molar-refractivity contribution < 1.29 is 14.6 Å². The second-order valence-corrected chi connectivity index (χ2v) is 8.49. The summed E-state index contributed by atoms with van der Waals surface area (Å²) in [5.41, 5.74) is 4.61. The summed E-state index contributed by atoms with van der Waals surface area (Å²) >= 11 is 1.50. The van der Waals surface area contributed by atoms with Crippen LogP contribution in [-0.2, 0) is 0 Å². The van der Waals surface area contributed by atoms with E-state index in [0.29, 0.717) is 17.0 Å². The van der Waals surface area contributed by atoms with Crippen LogP contribution in [0.4, 0.5) is 5.13 Å². The zero-order valence-electron chi connectivity index (χ0n) is 18.3. The molecular formula is C26H23N3O3S. The van der Waals surface area contributed by atoms with Crippen molar-refractivity contribution >= 4 is 22.2 Å². The zero-order valence-corrected chi connectivity index (χ0v) is 19.1. The smallest absolute Gasteiger partial charge is 0.207 e. The summed E-state index contributed by atoms with van der Waals surface area (Å²) in [4.78, 5) is 4.83. The molecule has 166 valence electrons. The quantitative estimate of drug-likeness (QED) is 0.391. The van der Waals surface area contributed by atoms with Crippen LogP contribution in [0.2, 0.25) is 0 Å². The first kappa shape index (κ1) is 21.0. The Morgan fingerprint density at radius 1 is 0.939 bits per heavy atom.